The summed E-state index contributed by atoms with van der Waals surface area (Å²) in [5.41, 5.74) is 1.99. The molecule has 28 heavy (non-hydrogen) atoms. The second kappa shape index (κ2) is 8.50. The molecule has 0 aliphatic carbocycles. The number of likely N-dealkylation sites (N-methyl/N-ethyl adjacent to an activating group) is 1. The number of benzene rings is 1. The van der Waals surface area contributed by atoms with Crippen LogP contribution in [0.2, 0.25) is 0 Å². The van der Waals surface area contributed by atoms with Gasteiger partial charge in [-0.2, -0.15) is 0 Å². The first-order chi connectivity index (χ1) is 13.4. The highest BCUT2D eigenvalue weighted by atomic mass is 16.5. The zero-order chi connectivity index (χ0) is 20.3. The fraction of sp³-hybridized carbons (Fsp3) is 0.550. The molecule has 2 heterocycles. The highest BCUT2D eigenvalue weighted by molar-refractivity contribution is 6.01. The van der Waals surface area contributed by atoms with Crippen molar-refractivity contribution < 1.29 is 23.9 Å². The minimum atomic E-state index is -0.306. The molecule has 0 bridgehead atoms. The fourth-order valence-electron chi connectivity index (χ4n) is 3.48. The monoisotopic (exact) mass is 389 g/mol. The molecular weight excluding hydrogens is 362 g/mol. The number of imide groups is 1. The summed E-state index contributed by atoms with van der Waals surface area (Å²) in [7, 11) is 1.59. The number of fused-ring (bicyclic) bond motifs is 1. The number of ether oxygens (including phenoxy) is 2. The topological polar surface area (TPSA) is 88.2 Å². The number of carbonyl (C=O) groups excluding carboxylic acids is 3. The molecule has 1 atom stereocenters. The summed E-state index contributed by atoms with van der Waals surface area (Å²) in [6, 6.07) is 3.62. The highest BCUT2D eigenvalue weighted by Crippen LogP contribution is 2.35. The summed E-state index contributed by atoms with van der Waals surface area (Å²) in [5.74, 6) is 1.25. The molecule has 0 radical (unpaired) electrons. The van der Waals surface area contributed by atoms with Crippen molar-refractivity contribution in [2.45, 2.75) is 45.8 Å². The summed E-state index contributed by atoms with van der Waals surface area (Å²) < 4.78 is 11.5. The van der Waals surface area contributed by atoms with Crippen LogP contribution in [-0.2, 0) is 22.6 Å². The van der Waals surface area contributed by atoms with Gasteiger partial charge in [-0.05, 0) is 32.4 Å². The second-order valence-electron chi connectivity index (χ2n) is 7.20. The Bertz CT molecular complexity index is 779. The lowest BCUT2D eigenvalue weighted by atomic mass is 10.1. The van der Waals surface area contributed by atoms with Crippen LogP contribution in [0.3, 0.4) is 0 Å². The van der Waals surface area contributed by atoms with Crippen molar-refractivity contribution in [1.82, 2.24) is 15.1 Å². The van der Waals surface area contributed by atoms with Crippen molar-refractivity contribution in [1.29, 1.82) is 0 Å². The number of hydrogen-bond acceptors (Lipinski definition) is 5. The van der Waals surface area contributed by atoms with Crippen LogP contribution >= 0.6 is 0 Å². The number of carbonyl (C=O) groups is 3. The lowest BCUT2D eigenvalue weighted by Gasteiger charge is -2.15. The van der Waals surface area contributed by atoms with Crippen molar-refractivity contribution in [3.63, 3.8) is 0 Å². The normalized spacial score (nSPS) is 18.3. The molecule has 1 aromatic carbocycles. The van der Waals surface area contributed by atoms with Crippen LogP contribution in [0, 0.1) is 0 Å². The quantitative estimate of drug-likeness (QED) is 0.684. The van der Waals surface area contributed by atoms with Crippen molar-refractivity contribution in [2.75, 3.05) is 26.7 Å². The highest BCUT2D eigenvalue weighted by Gasteiger charge is 2.32. The van der Waals surface area contributed by atoms with Crippen LogP contribution in [0.1, 0.15) is 37.8 Å². The molecule has 8 heteroatoms. The van der Waals surface area contributed by atoms with Gasteiger partial charge in [-0.25, -0.2) is 4.79 Å². The molecule has 0 spiro atoms. The third-order valence-corrected chi connectivity index (χ3v) is 4.87. The van der Waals surface area contributed by atoms with E-state index in [2.05, 4.69) is 5.32 Å². The molecule has 1 fully saturated rings. The summed E-state index contributed by atoms with van der Waals surface area (Å²) in [4.78, 5) is 38.3. The number of rotatable bonds is 8. The largest absolute Gasteiger partial charge is 0.494 e. The van der Waals surface area contributed by atoms with Gasteiger partial charge in [0.25, 0.3) is 0 Å². The third kappa shape index (κ3) is 4.37. The predicted octanol–water partition coefficient (Wildman–Crippen LogP) is 1.70. The van der Waals surface area contributed by atoms with E-state index in [-0.39, 0.29) is 43.5 Å². The molecular formula is C20H27N3O5. The molecule has 0 saturated carbocycles. The number of nitrogens with one attached hydrogen (secondary N) is 1. The van der Waals surface area contributed by atoms with Crippen LogP contribution in [0.5, 0.6) is 11.5 Å². The number of nitrogens with zero attached hydrogens (tertiary/aromatic N) is 2. The average Bonchev–Trinajstić information content (AvgIpc) is 3.12. The van der Waals surface area contributed by atoms with Crippen LogP contribution in [0.25, 0.3) is 0 Å². The van der Waals surface area contributed by atoms with Crippen LogP contribution in [-0.4, -0.2) is 60.5 Å². The SMILES string of the molecule is CCOc1cc2c(cc1CNC(=O)CCCN1C(=O)CN(C)C1=O)O[C@@H](C)C2. The molecule has 0 aromatic heterocycles. The summed E-state index contributed by atoms with van der Waals surface area (Å²) >= 11 is 0. The lowest BCUT2D eigenvalue weighted by Crippen LogP contribution is -2.33. The molecule has 4 amide bonds. The lowest BCUT2D eigenvalue weighted by molar-refractivity contribution is -0.126. The Morgan fingerprint density at radius 2 is 2.14 bits per heavy atom. The third-order valence-electron chi connectivity index (χ3n) is 4.87. The first kappa shape index (κ1) is 20.0. The molecule has 1 saturated heterocycles. The van der Waals surface area contributed by atoms with E-state index in [1.807, 2.05) is 26.0 Å². The van der Waals surface area contributed by atoms with Crippen molar-refractivity contribution >= 4 is 17.8 Å². The summed E-state index contributed by atoms with van der Waals surface area (Å²) in [6.07, 6.45) is 1.67. The Labute approximate surface area is 164 Å². The standard InChI is InChI=1S/C20H27N3O5/c1-4-27-16-9-14-8-13(2)28-17(14)10-15(16)11-21-18(24)6-5-7-23-19(25)12-22(3)20(23)26/h9-10,13H,4-8,11-12H2,1-3H3,(H,21,24)/t13-/m0/s1. The number of amides is 4. The predicted molar refractivity (Wildman–Crippen MR) is 102 cm³/mol. The van der Waals surface area contributed by atoms with Gasteiger partial charge in [0.2, 0.25) is 11.8 Å². The smallest absolute Gasteiger partial charge is 0.326 e. The van der Waals surface area contributed by atoms with E-state index in [0.29, 0.717) is 19.6 Å². The van der Waals surface area contributed by atoms with E-state index in [1.54, 1.807) is 7.05 Å². The van der Waals surface area contributed by atoms with Gasteiger partial charge < -0.3 is 19.7 Å². The van der Waals surface area contributed by atoms with Crippen molar-refractivity contribution in [3.05, 3.63) is 23.3 Å². The molecule has 8 nitrogen and oxygen atoms in total. The molecule has 1 aromatic rings. The van der Waals surface area contributed by atoms with E-state index in [0.717, 1.165) is 29.0 Å². The maximum absolute atomic E-state index is 12.2. The first-order valence-corrected chi connectivity index (χ1v) is 9.66. The van der Waals surface area contributed by atoms with E-state index in [1.165, 1.54) is 9.80 Å². The Morgan fingerprint density at radius 3 is 2.82 bits per heavy atom. The van der Waals surface area contributed by atoms with Gasteiger partial charge in [0.1, 0.15) is 24.1 Å². The minimum absolute atomic E-state index is 0.101. The first-order valence-electron chi connectivity index (χ1n) is 9.66. The Kier molecular flexibility index (Phi) is 6.06. The Hall–Kier alpha value is -2.77. The molecule has 0 unspecified atom stereocenters. The average molecular weight is 389 g/mol. The van der Waals surface area contributed by atoms with Crippen LogP contribution in [0.4, 0.5) is 4.79 Å². The summed E-state index contributed by atoms with van der Waals surface area (Å²) in [5, 5.41) is 2.88. The van der Waals surface area contributed by atoms with E-state index in [9.17, 15) is 14.4 Å². The Morgan fingerprint density at radius 1 is 1.36 bits per heavy atom. The van der Waals surface area contributed by atoms with Gasteiger partial charge in [0.15, 0.2) is 0 Å². The zero-order valence-electron chi connectivity index (χ0n) is 16.6. The van der Waals surface area contributed by atoms with E-state index < -0.39 is 0 Å². The molecule has 1 N–H and O–H groups in total. The van der Waals surface area contributed by atoms with Gasteiger partial charge in [-0.15, -0.1) is 0 Å². The van der Waals surface area contributed by atoms with Gasteiger partial charge in [-0.1, -0.05) is 0 Å². The maximum atomic E-state index is 12.2. The zero-order valence-corrected chi connectivity index (χ0v) is 16.6. The molecule has 2 aliphatic heterocycles. The van der Waals surface area contributed by atoms with Gasteiger partial charge in [0, 0.05) is 44.1 Å². The molecule has 3 rings (SSSR count). The van der Waals surface area contributed by atoms with Crippen molar-refractivity contribution in [2.24, 2.45) is 0 Å². The van der Waals surface area contributed by atoms with Crippen molar-refractivity contribution in [3.8, 4) is 11.5 Å². The van der Waals surface area contributed by atoms with E-state index >= 15 is 0 Å². The van der Waals surface area contributed by atoms with Crippen LogP contribution < -0.4 is 14.8 Å². The summed E-state index contributed by atoms with van der Waals surface area (Å²) in [6.45, 7) is 5.18. The molecule has 152 valence electrons. The van der Waals surface area contributed by atoms with Gasteiger partial charge in [0.05, 0.1) is 6.61 Å². The number of hydrogen-bond donors (Lipinski definition) is 1. The maximum Gasteiger partial charge on any atom is 0.326 e. The number of urea groups is 1. The van der Waals surface area contributed by atoms with Gasteiger partial charge in [-0.3, -0.25) is 14.5 Å². The van der Waals surface area contributed by atoms with E-state index in [4.69, 9.17) is 9.47 Å². The Balaban J connectivity index is 1.51. The van der Waals surface area contributed by atoms with Crippen LogP contribution in [0.15, 0.2) is 12.1 Å². The fourth-order valence-corrected chi connectivity index (χ4v) is 3.48. The minimum Gasteiger partial charge on any atom is -0.494 e. The second-order valence-corrected chi connectivity index (χ2v) is 7.20. The van der Waals surface area contributed by atoms with Gasteiger partial charge >= 0.3 is 6.03 Å². The molecule has 2 aliphatic rings.